The molecule has 5 rings (SSSR count). The number of hydrazone groups is 1. The van der Waals surface area contributed by atoms with Crippen molar-refractivity contribution in [2.75, 3.05) is 0 Å². The maximum Gasteiger partial charge on any atom is 0.271 e. The zero-order valence-electron chi connectivity index (χ0n) is 18.1. The lowest BCUT2D eigenvalue weighted by atomic mass is 9.48. The molecule has 0 saturated heterocycles. The second-order valence-electron chi connectivity index (χ2n) is 10.4. The zero-order valence-corrected chi connectivity index (χ0v) is 18.1. The van der Waals surface area contributed by atoms with E-state index >= 15 is 0 Å². The molecule has 0 aromatic carbocycles. The Balaban J connectivity index is 1.36. The van der Waals surface area contributed by atoms with Crippen molar-refractivity contribution in [2.45, 2.75) is 71.3 Å². The van der Waals surface area contributed by atoms with E-state index < -0.39 is 0 Å². The number of hydrogen-bond donors (Lipinski definition) is 2. The standard InChI is InChI=1S/C25H33N3O2/c1-24-11-7-18(29)15-17(24)3-4-19-20-5-6-22(25(20,2)12-8-21(19)24)27-28-23(30)16-9-13-26-14-10-16/h3,9-10,13-14,18-21,29H,4-8,11-12,15H2,1-2H3,(H,28,30)/t18-,19-,20-,21+,24-,25-/m0/s1. The second kappa shape index (κ2) is 7.30. The minimum Gasteiger partial charge on any atom is -0.393 e. The number of aliphatic hydroxyl groups excluding tert-OH is 1. The van der Waals surface area contributed by atoms with Crippen LogP contribution in [0.3, 0.4) is 0 Å². The molecule has 1 aromatic rings. The van der Waals surface area contributed by atoms with Gasteiger partial charge in [0, 0.05) is 29.1 Å². The predicted octanol–water partition coefficient (Wildman–Crippen LogP) is 4.49. The first-order valence-corrected chi connectivity index (χ1v) is 11.6. The molecule has 0 radical (unpaired) electrons. The number of fused-ring (bicyclic) bond motifs is 5. The Labute approximate surface area is 179 Å². The first-order chi connectivity index (χ1) is 14.4. The van der Waals surface area contributed by atoms with Crippen LogP contribution in [0.25, 0.3) is 0 Å². The van der Waals surface area contributed by atoms with Gasteiger partial charge < -0.3 is 5.11 Å². The van der Waals surface area contributed by atoms with Gasteiger partial charge in [-0.05, 0) is 86.7 Å². The van der Waals surface area contributed by atoms with Crippen LogP contribution in [0.15, 0.2) is 41.3 Å². The van der Waals surface area contributed by atoms with Crippen LogP contribution in [0.1, 0.15) is 75.6 Å². The van der Waals surface area contributed by atoms with Gasteiger partial charge in [-0.2, -0.15) is 5.10 Å². The van der Waals surface area contributed by atoms with Gasteiger partial charge in [0.2, 0.25) is 0 Å². The Morgan fingerprint density at radius 3 is 2.67 bits per heavy atom. The number of nitrogens with one attached hydrogen (secondary N) is 1. The molecule has 30 heavy (non-hydrogen) atoms. The fourth-order valence-corrected chi connectivity index (χ4v) is 7.30. The Hall–Kier alpha value is -2.01. The molecule has 1 amide bonds. The molecule has 3 saturated carbocycles. The number of aliphatic hydroxyl groups is 1. The van der Waals surface area contributed by atoms with Gasteiger partial charge in [-0.1, -0.05) is 25.5 Å². The van der Waals surface area contributed by atoms with E-state index in [1.54, 1.807) is 24.5 Å². The van der Waals surface area contributed by atoms with E-state index in [1.807, 2.05) is 0 Å². The predicted molar refractivity (Wildman–Crippen MR) is 117 cm³/mol. The lowest BCUT2D eigenvalue weighted by Crippen LogP contribution is -2.50. The van der Waals surface area contributed by atoms with Crippen molar-refractivity contribution in [2.24, 2.45) is 33.7 Å². The quantitative estimate of drug-likeness (QED) is 0.560. The number of rotatable bonds is 2. The van der Waals surface area contributed by atoms with Crippen molar-refractivity contribution < 1.29 is 9.90 Å². The fraction of sp³-hybridized carbons (Fsp3) is 0.640. The summed E-state index contributed by atoms with van der Waals surface area (Å²) in [6.07, 6.45) is 14.2. The minimum absolute atomic E-state index is 0.0859. The molecule has 4 aliphatic carbocycles. The topological polar surface area (TPSA) is 74.6 Å². The molecule has 5 heteroatoms. The third-order valence-corrected chi connectivity index (χ3v) is 9.05. The summed E-state index contributed by atoms with van der Waals surface area (Å²) >= 11 is 0. The summed E-state index contributed by atoms with van der Waals surface area (Å²) in [6.45, 7) is 4.84. The Bertz CT molecular complexity index is 895. The van der Waals surface area contributed by atoms with Crippen LogP contribution in [0.4, 0.5) is 0 Å². The molecule has 0 spiro atoms. The summed E-state index contributed by atoms with van der Waals surface area (Å²) in [5.74, 6) is 1.88. The van der Waals surface area contributed by atoms with E-state index in [0.29, 0.717) is 23.3 Å². The average Bonchev–Trinajstić information content (AvgIpc) is 3.09. The van der Waals surface area contributed by atoms with Crippen LogP contribution in [-0.4, -0.2) is 27.8 Å². The number of pyridine rings is 1. The summed E-state index contributed by atoms with van der Waals surface area (Å²) < 4.78 is 0. The number of allylic oxidation sites excluding steroid dienone is 1. The van der Waals surface area contributed by atoms with Crippen LogP contribution in [0, 0.1) is 28.6 Å². The van der Waals surface area contributed by atoms with Crippen LogP contribution in [0.2, 0.25) is 0 Å². The van der Waals surface area contributed by atoms with Gasteiger partial charge in [0.05, 0.1) is 6.10 Å². The highest BCUT2D eigenvalue weighted by Crippen LogP contribution is 2.64. The average molecular weight is 408 g/mol. The van der Waals surface area contributed by atoms with E-state index in [-0.39, 0.29) is 22.8 Å². The van der Waals surface area contributed by atoms with E-state index in [4.69, 9.17) is 0 Å². The highest BCUT2D eigenvalue weighted by Gasteiger charge is 2.57. The maximum absolute atomic E-state index is 12.4. The summed E-state index contributed by atoms with van der Waals surface area (Å²) in [6, 6.07) is 3.43. The Morgan fingerprint density at radius 1 is 1.13 bits per heavy atom. The lowest BCUT2D eigenvalue weighted by molar-refractivity contribution is -0.0209. The van der Waals surface area contributed by atoms with Crippen LogP contribution in [-0.2, 0) is 0 Å². The van der Waals surface area contributed by atoms with Gasteiger partial charge in [-0.25, -0.2) is 5.43 Å². The Kier molecular flexibility index (Phi) is 4.85. The molecular formula is C25H33N3O2. The summed E-state index contributed by atoms with van der Waals surface area (Å²) in [5.41, 5.74) is 6.44. The van der Waals surface area contributed by atoms with Gasteiger partial charge in [-0.3, -0.25) is 9.78 Å². The van der Waals surface area contributed by atoms with Gasteiger partial charge in [0.1, 0.15) is 0 Å². The van der Waals surface area contributed by atoms with Gasteiger partial charge in [0.25, 0.3) is 5.91 Å². The number of hydrogen-bond acceptors (Lipinski definition) is 4. The third-order valence-electron chi connectivity index (χ3n) is 9.05. The maximum atomic E-state index is 12.4. The fourth-order valence-electron chi connectivity index (χ4n) is 7.30. The Morgan fingerprint density at radius 2 is 1.87 bits per heavy atom. The van der Waals surface area contributed by atoms with Crippen LogP contribution in [0.5, 0.6) is 0 Å². The number of nitrogens with zero attached hydrogens (tertiary/aromatic N) is 2. The molecule has 0 unspecified atom stereocenters. The monoisotopic (exact) mass is 407 g/mol. The molecule has 3 fully saturated rings. The van der Waals surface area contributed by atoms with Crippen LogP contribution >= 0.6 is 0 Å². The van der Waals surface area contributed by atoms with Gasteiger partial charge in [-0.15, -0.1) is 0 Å². The largest absolute Gasteiger partial charge is 0.393 e. The third kappa shape index (κ3) is 3.05. The zero-order chi connectivity index (χ0) is 20.9. The first-order valence-electron chi connectivity index (χ1n) is 11.6. The molecule has 5 nitrogen and oxygen atoms in total. The number of aromatic nitrogens is 1. The van der Waals surface area contributed by atoms with Gasteiger partial charge in [0.15, 0.2) is 0 Å². The molecule has 6 atom stereocenters. The SMILES string of the molecule is C[C@]12CC[C@H](O)CC1=CC[C@@H]1[C@H]2CC[C@]2(C)C(=NNC(=O)c3ccncc3)CC[C@@H]12. The molecule has 4 aliphatic rings. The molecule has 1 aromatic heterocycles. The van der Waals surface area contributed by atoms with Crippen molar-refractivity contribution in [1.82, 2.24) is 10.4 Å². The first kappa shape index (κ1) is 19.9. The van der Waals surface area contributed by atoms with Crippen molar-refractivity contribution in [3.05, 3.63) is 41.7 Å². The summed E-state index contributed by atoms with van der Waals surface area (Å²) in [7, 11) is 0. The normalized spacial score (nSPS) is 41.4. The van der Waals surface area contributed by atoms with E-state index in [2.05, 4.69) is 35.4 Å². The van der Waals surface area contributed by atoms with Gasteiger partial charge >= 0.3 is 0 Å². The lowest BCUT2D eigenvalue weighted by Gasteiger charge is -2.57. The summed E-state index contributed by atoms with van der Waals surface area (Å²) in [4.78, 5) is 16.4. The molecule has 0 aliphatic heterocycles. The van der Waals surface area contributed by atoms with Crippen molar-refractivity contribution >= 4 is 11.6 Å². The summed E-state index contributed by atoms with van der Waals surface area (Å²) in [5, 5.41) is 14.8. The van der Waals surface area contributed by atoms with Crippen molar-refractivity contribution in [1.29, 1.82) is 0 Å². The molecule has 2 N–H and O–H groups in total. The minimum atomic E-state index is -0.163. The van der Waals surface area contributed by atoms with Crippen molar-refractivity contribution in [3.63, 3.8) is 0 Å². The van der Waals surface area contributed by atoms with E-state index in [1.165, 1.54) is 24.1 Å². The molecule has 160 valence electrons. The van der Waals surface area contributed by atoms with E-state index in [0.717, 1.165) is 38.5 Å². The second-order valence-corrected chi connectivity index (χ2v) is 10.4. The number of amides is 1. The smallest absolute Gasteiger partial charge is 0.271 e. The van der Waals surface area contributed by atoms with E-state index in [9.17, 15) is 9.90 Å². The van der Waals surface area contributed by atoms with Crippen LogP contribution < -0.4 is 5.43 Å². The molecule has 1 heterocycles. The highest BCUT2D eigenvalue weighted by atomic mass is 16.3. The number of carbonyl (C=O) groups excluding carboxylic acids is 1. The van der Waals surface area contributed by atoms with Crippen molar-refractivity contribution in [3.8, 4) is 0 Å². The molecular weight excluding hydrogens is 374 g/mol. The highest BCUT2D eigenvalue weighted by molar-refractivity contribution is 5.97. The number of carbonyl (C=O) groups is 1. The molecule has 0 bridgehead atoms.